The Morgan fingerprint density at radius 3 is 3.13 bits per heavy atom. The van der Waals surface area contributed by atoms with Crippen molar-refractivity contribution in [1.82, 2.24) is 19.9 Å². The monoisotopic (exact) mass is 330 g/mol. The molecule has 2 aliphatic heterocycles. The van der Waals surface area contributed by atoms with Gasteiger partial charge in [-0.3, -0.25) is 4.79 Å². The molecule has 2 aromatic rings. The molecule has 23 heavy (non-hydrogen) atoms. The Labute approximate surface area is 138 Å². The number of carbonyl (C=O) groups is 1. The summed E-state index contributed by atoms with van der Waals surface area (Å²) in [6.45, 7) is 3.30. The van der Waals surface area contributed by atoms with E-state index in [-0.39, 0.29) is 18.1 Å². The lowest BCUT2D eigenvalue weighted by Gasteiger charge is -2.33. The molecule has 0 radical (unpaired) electrons. The van der Waals surface area contributed by atoms with Gasteiger partial charge < -0.3 is 9.64 Å². The molecule has 0 N–H and O–H groups in total. The van der Waals surface area contributed by atoms with Crippen LogP contribution in [0.5, 0.6) is 0 Å². The maximum atomic E-state index is 12.4. The summed E-state index contributed by atoms with van der Waals surface area (Å²) in [5.74, 6) is 1.27. The van der Waals surface area contributed by atoms with Crippen molar-refractivity contribution in [2.75, 3.05) is 13.1 Å². The zero-order chi connectivity index (χ0) is 15.8. The summed E-state index contributed by atoms with van der Waals surface area (Å²) in [5, 5.41) is 1.80. The molecule has 0 aliphatic carbocycles. The first-order valence-electron chi connectivity index (χ1n) is 7.83. The second-order valence-corrected chi connectivity index (χ2v) is 6.82. The molecule has 0 saturated carbocycles. The first-order chi connectivity index (χ1) is 11.2. The van der Waals surface area contributed by atoms with Crippen molar-refractivity contribution >= 4 is 17.2 Å². The number of thiazole rings is 1. The molecule has 2 aromatic heterocycles. The van der Waals surface area contributed by atoms with Crippen LogP contribution in [0, 0.1) is 12.8 Å². The molecule has 2 saturated heterocycles. The van der Waals surface area contributed by atoms with Gasteiger partial charge >= 0.3 is 0 Å². The fourth-order valence-electron chi connectivity index (χ4n) is 3.44. The second-order valence-electron chi connectivity index (χ2n) is 6.10. The van der Waals surface area contributed by atoms with E-state index in [0.717, 1.165) is 30.9 Å². The topological polar surface area (TPSA) is 68.2 Å². The SMILES string of the molecule is Cc1nccc([C@@H]2C[C@@H]3CCN(C(=O)c4cscn4)C[C@H]3O2)n1. The first kappa shape index (κ1) is 14.7. The van der Waals surface area contributed by atoms with E-state index in [9.17, 15) is 4.79 Å². The average molecular weight is 330 g/mol. The standard InChI is InChI=1S/C16H18N4O2S/c1-10-17-4-2-12(19-10)14-6-11-3-5-20(7-15(11)22-14)16(21)13-8-23-9-18-13/h2,4,8-9,11,14-15H,3,5-7H2,1H3/t11-,14-,15+/m0/s1. The highest BCUT2D eigenvalue weighted by Gasteiger charge is 2.41. The first-order valence-corrected chi connectivity index (χ1v) is 8.77. The molecule has 3 atom stereocenters. The number of aromatic nitrogens is 3. The van der Waals surface area contributed by atoms with Crippen LogP contribution < -0.4 is 0 Å². The second kappa shape index (κ2) is 5.98. The Morgan fingerprint density at radius 2 is 2.35 bits per heavy atom. The Morgan fingerprint density at radius 1 is 1.43 bits per heavy atom. The van der Waals surface area contributed by atoms with Gasteiger partial charge in [0.2, 0.25) is 0 Å². The minimum atomic E-state index is 0.00892. The zero-order valence-corrected chi connectivity index (χ0v) is 13.7. The maximum absolute atomic E-state index is 12.4. The number of ether oxygens (including phenoxy) is 1. The normalized spacial score (nSPS) is 27.0. The Hall–Kier alpha value is -1.86. The highest BCUT2D eigenvalue weighted by molar-refractivity contribution is 7.07. The third-order valence-electron chi connectivity index (χ3n) is 4.62. The quantitative estimate of drug-likeness (QED) is 0.845. The van der Waals surface area contributed by atoms with E-state index >= 15 is 0 Å². The van der Waals surface area contributed by atoms with Crippen LogP contribution in [0.4, 0.5) is 0 Å². The number of amides is 1. The summed E-state index contributed by atoms with van der Waals surface area (Å²) in [5.41, 5.74) is 3.18. The molecule has 4 rings (SSSR count). The number of hydrogen-bond acceptors (Lipinski definition) is 6. The number of likely N-dealkylation sites (tertiary alicyclic amines) is 1. The molecule has 7 heteroatoms. The van der Waals surface area contributed by atoms with Crippen molar-refractivity contribution in [3.8, 4) is 0 Å². The van der Waals surface area contributed by atoms with Crippen LogP contribution in [0.1, 0.15) is 41.0 Å². The van der Waals surface area contributed by atoms with Gasteiger partial charge in [-0.25, -0.2) is 15.0 Å². The highest BCUT2D eigenvalue weighted by atomic mass is 32.1. The lowest BCUT2D eigenvalue weighted by Crippen LogP contribution is -2.45. The van der Waals surface area contributed by atoms with Crippen molar-refractivity contribution in [3.63, 3.8) is 0 Å². The van der Waals surface area contributed by atoms with Crippen LogP contribution in [0.3, 0.4) is 0 Å². The number of carbonyl (C=O) groups excluding carboxylic acids is 1. The van der Waals surface area contributed by atoms with E-state index in [1.807, 2.05) is 17.9 Å². The predicted octanol–water partition coefficient (Wildman–Crippen LogP) is 2.23. The summed E-state index contributed by atoms with van der Waals surface area (Å²) >= 11 is 1.45. The zero-order valence-electron chi connectivity index (χ0n) is 12.9. The number of hydrogen-bond donors (Lipinski definition) is 0. The lowest BCUT2D eigenvalue weighted by atomic mass is 9.91. The molecule has 120 valence electrons. The summed E-state index contributed by atoms with van der Waals surface area (Å²) in [6, 6.07) is 1.92. The largest absolute Gasteiger partial charge is 0.367 e. The van der Waals surface area contributed by atoms with Crippen LogP contribution in [-0.2, 0) is 4.74 Å². The van der Waals surface area contributed by atoms with Gasteiger partial charge in [0.15, 0.2) is 0 Å². The van der Waals surface area contributed by atoms with Gasteiger partial charge in [-0.2, -0.15) is 0 Å². The minimum absolute atomic E-state index is 0.00892. The molecule has 6 nitrogen and oxygen atoms in total. The molecule has 1 amide bonds. The van der Waals surface area contributed by atoms with Gasteiger partial charge in [0.25, 0.3) is 5.91 Å². The molecule has 0 bridgehead atoms. The van der Waals surface area contributed by atoms with Gasteiger partial charge in [0, 0.05) is 24.7 Å². The molecule has 4 heterocycles. The molecule has 2 aliphatic rings. The molecular formula is C16H18N4O2S. The smallest absolute Gasteiger partial charge is 0.273 e. The van der Waals surface area contributed by atoms with E-state index in [1.165, 1.54) is 11.3 Å². The number of aryl methyl sites for hydroxylation is 1. The highest BCUT2D eigenvalue weighted by Crippen LogP contribution is 2.40. The molecule has 0 aromatic carbocycles. The van der Waals surface area contributed by atoms with Crippen molar-refractivity contribution in [1.29, 1.82) is 0 Å². The summed E-state index contributed by atoms with van der Waals surface area (Å²) in [7, 11) is 0. The van der Waals surface area contributed by atoms with Crippen molar-refractivity contribution in [2.45, 2.75) is 32.0 Å². The van der Waals surface area contributed by atoms with Gasteiger partial charge in [-0.1, -0.05) is 0 Å². The van der Waals surface area contributed by atoms with Crippen LogP contribution in [0.2, 0.25) is 0 Å². The third kappa shape index (κ3) is 2.86. The Kier molecular flexibility index (Phi) is 3.82. The fourth-order valence-corrected chi connectivity index (χ4v) is 3.97. The molecule has 0 spiro atoms. The van der Waals surface area contributed by atoms with Gasteiger partial charge in [0.05, 0.1) is 17.3 Å². The van der Waals surface area contributed by atoms with Gasteiger partial charge in [-0.05, 0) is 31.7 Å². The third-order valence-corrected chi connectivity index (χ3v) is 5.20. The summed E-state index contributed by atoms with van der Waals surface area (Å²) < 4.78 is 6.20. The van der Waals surface area contributed by atoms with E-state index in [0.29, 0.717) is 18.2 Å². The Balaban J connectivity index is 1.45. The fraction of sp³-hybridized carbons (Fsp3) is 0.500. The number of nitrogens with zero attached hydrogens (tertiary/aromatic N) is 4. The van der Waals surface area contributed by atoms with Gasteiger partial charge in [-0.15, -0.1) is 11.3 Å². The van der Waals surface area contributed by atoms with E-state index in [2.05, 4.69) is 15.0 Å². The number of fused-ring (bicyclic) bond motifs is 1. The predicted molar refractivity (Wildman–Crippen MR) is 85.1 cm³/mol. The van der Waals surface area contributed by atoms with E-state index in [1.54, 1.807) is 17.1 Å². The van der Waals surface area contributed by atoms with Crippen molar-refractivity contribution in [3.05, 3.63) is 40.4 Å². The van der Waals surface area contributed by atoms with Gasteiger partial charge in [0.1, 0.15) is 17.6 Å². The lowest BCUT2D eigenvalue weighted by molar-refractivity contribution is -0.00582. The van der Waals surface area contributed by atoms with Crippen LogP contribution >= 0.6 is 11.3 Å². The average Bonchev–Trinajstić information content (AvgIpc) is 3.23. The molecular weight excluding hydrogens is 312 g/mol. The minimum Gasteiger partial charge on any atom is -0.367 e. The maximum Gasteiger partial charge on any atom is 0.273 e. The van der Waals surface area contributed by atoms with Crippen molar-refractivity contribution in [2.24, 2.45) is 5.92 Å². The molecule has 0 unspecified atom stereocenters. The van der Waals surface area contributed by atoms with Crippen LogP contribution in [0.25, 0.3) is 0 Å². The number of rotatable bonds is 2. The molecule has 2 fully saturated rings. The van der Waals surface area contributed by atoms with E-state index in [4.69, 9.17) is 4.74 Å². The Bertz CT molecular complexity index is 706. The van der Waals surface area contributed by atoms with Crippen LogP contribution in [-0.4, -0.2) is 45.0 Å². The van der Waals surface area contributed by atoms with Crippen LogP contribution in [0.15, 0.2) is 23.2 Å². The summed E-state index contributed by atoms with van der Waals surface area (Å²) in [6.07, 6.45) is 3.83. The van der Waals surface area contributed by atoms with E-state index < -0.39 is 0 Å². The summed E-state index contributed by atoms with van der Waals surface area (Å²) in [4.78, 5) is 27.0. The van der Waals surface area contributed by atoms with Crippen molar-refractivity contribution < 1.29 is 9.53 Å². The number of piperidine rings is 1.